The second-order valence-corrected chi connectivity index (χ2v) is 7.18. The molecule has 0 radical (unpaired) electrons. The van der Waals surface area contributed by atoms with Crippen molar-refractivity contribution in [3.05, 3.63) is 0 Å². The quantitative estimate of drug-likeness (QED) is 0.616. The molecule has 1 saturated heterocycles. The number of alkyl halides is 1. The van der Waals surface area contributed by atoms with E-state index < -0.39 is 0 Å². The van der Waals surface area contributed by atoms with E-state index in [0.29, 0.717) is 4.83 Å². The van der Waals surface area contributed by atoms with Crippen LogP contribution < -0.4 is 0 Å². The highest BCUT2D eigenvalue weighted by molar-refractivity contribution is 9.09. The van der Waals surface area contributed by atoms with Crippen LogP contribution >= 0.6 is 15.9 Å². The first-order valence-electron chi connectivity index (χ1n) is 7.53. The van der Waals surface area contributed by atoms with E-state index in [1.54, 1.807) is 0 Å². The van der Waals surface area contributed by atoms with Gasteiger partial charge in [0, 0.05) is 11.4 Å². The molecule has 1 aliphatic heterocycles. The molecular weight excluding hydrogens is 274 g/mol. The molecule has 1 rings (SSSR count). The minimum Gasteiger partial charge on any atom is -0.303 e. The van der Waals surface area contributed by atoms with E-state index >= 15 is 0 Å². The summed E-state index contributed by atoms with van der Waals surface area (Å²) in [6, 6.07) is 0. The minimum absolute atomic E-state index is 0.701. The zero-order valence-corrected chi connectivity index (χ0v) is 13.5. The highest BCUT2D eigenvalue weighted by atomic mass is 79.9. The molecule has 1 aliphatic rings. The van der Waals surface area contributed by atoms with Gasteiger partial charge in [-0.2, -0.15) is 0 Å². The first-order valence-corrected chi connectivity index (χ1v) is 8.45. The van der Waals surface area contributed by atoms with Crippen LogP contribution in [-0.4, -0.2) is 29.4 Å². The number of nitrogens with zero attached hydrogens (tertiary/aromatic N) is 1. The van der Waals surface area contributed by atoms with Crippen LogP contribution in [0.3, 0.4) is 0 Å². The predicted octanol–water partition coefficient (Wildman–Crippen LogP) is 4.70. The highest BCUT2D eigenvalue weighted by Crippen LogP contribution is 2.26. The summed E-state index contributed by atoms with van der Waals surface area (Å²) in [5, 5.41) is 0. The Labute approximate surface area is 116 Å². The van der Waals surface area contributed by atoms with Crippen molar-refractivity contribution < 1.29 is 0 Å². The second kappa shape index (κ2) is 8.53. The lowest BCUT2D eigenvalue weighted by Gasteiger charge is -2.35. The first-order chi connectivity index (χ1) is 8.17. The maximum atomic E-state index is 3.74. The molecule has 102 valence electrons. The molecule has 0 spiro atoms. The molecule has 2 atom stereocenters. The lowest BCUT2D eigenvalue weighted by Crippen LogP contribution is -2.38. The van der Waals surface area contributed by atoms with Crippen LogP contribution in [0.4, 0.5) is 0 Å². The fourth-order valence-electron chi connectivity index (χ4n) is 2.88. The van der Waals surface area contributed by atoms with Gasteiger partial charge in [0.1, 0.15) is 0 Å². The van der Waals surface area contributed by atoms with Crippen molar-refractivity contribution in [2.45, 2.75) is 64.1 Å². The van der Waals surface area contributed by atoms with Crippen molar-refractivity contribution in [3.8, 4) is 0 Å². The SMILES string of the molecule is CCCCC(CC)CN1CCC(C(C)Br)CC1. The molecule has 1 heterocycles. The van der Waals surface area contributed by atoms with Crippen molar-refractivity contribution in [1.29, 1.82) is 0 Å². The summed E-state index contributed by atoms with van der Waals surface area (Å²) in [5.74, 6) is 1.84. The van der Waals surface area contributed by atoms with Crippen LogP contribution in [0.25, 0.3) is 0 Å². The van der Waals surface area contributed by atoms with Gasteiger partial charge in [0.15, 0.2) is 0 Å². The summed E-state index contributed by atoms with van der Waals surface area (Å²) in [4.78, 5) is 3.40. The minimum atomic E-state index is 0.701. The fraction of sp³-hybridized carbons (Fsp3) is 1.00. The van der Waals surface area contributed by atoms with Gasteiger partial charge in [-0.1, -0.05) is 56.0 Å². The third-order valence-electron chi connectivity index (χ3n) is 4.34. The number of unbranched alkanes of at least 4 members (excludes halogenated alkanes) is 1. The van der Waals surface area contributed by atoms with Crippen molar-refractivity contribution in [3.63, 3.8) is 0 Å². The van der Waals surface area contributed by atoms with Gasteiger partial charge in [0.2, 0.25) is 0 Å². The van der Waals surface area contributed by atoms with Gasteiger partial charge in [0.25, 0.3) is 0 Å². The number of hydrogen-bond acceptors (Lipinski definition) is 1. The molecule has 0 amide bonds. The summed E-state index contributed by atoms with van der Waals surface area (Å²) < 4.78 is 0. The Hall–Kier alpha value is 0.440. The van der Waals surface area contributed by atoms with E-state index in [1.807, 2.05) is 0 Å². The summed E-state index contributed by atoms with van der Waals surface area (Å²) in [7, 11) is 0. The Morgan fingerprint density at radius 1 is 1.24 bits per heavy atom. The average Bonchev–Trinajstić information content (AvgIpc) is 2.35. The van der Waals surface area contributed by atoms with Crippen molar-refractivity contribution in [2.24, 2.45) is 11.8 Å². The molecule has 0 N–H and O–H groups in total. The molecule has 2 heteroatoms. The van der Waals surface area contributed by atoms with Crippen molar-refractivity contribution in [2.75, 3.05) is 19.6 Å². The molecular formula is C15H30BrN. The zero-order valence-electron chi connectivity index (χ0n) is 11.9. The van der Waals surface area contributed by atoms with E-state index in [1.165, 1.54) is 58.2 Å². The molecule has 0 aromatic rings. The van der Waals surface area contributed by atoms with Gasteiger partial charge < -0.3 is 4.90 Å². The van der Waals surface area contributed by atoms with E-state index in [0.717, 1.165) is 11.8 Å². The summed E-state index contributed by atoms with van der Waals surface area (Å²) >= 11 is 3.74. The van der Waals surface area contributed by atoms with Crippen LogP contribution in [0.15, 0.2) is 0 Å². The summed E-state index contributed by atoms with van der Waals surface area (Å²) in [6.07, 6.45) is 8.32. The monoisotopic (exact) mass is 303 g/mol. The molecule has 0 saturated carbocycles. The van der Waals surface area contributed by atoms with Crippen molar-refractivity contribution in [1.82, 2.24) is 4.90 Å². The smallest absolute Gasteiger partial charge is 0.0146 e. The molecule has 0 aromatic heterocycles. The highest BCUT2D eigenvalue weighted by Gasteiger charge is 2.23. The second-order valence-electron chi connectivity index (χ2n) is 5.73. The third kappa shape index (κ3) is 5.74. The van der Waals surface area contributed by atoms with Gasteiger partial charge in [-0.25, -0.2) is 0 Å². The Bertz CT molecular complexity index is 185. The number of likely N-dealkylation sites (tertiary alicyclic amines) is 1. The molecule has 0 aromatic carbocycles. The van der Waals surface area contributed by atoms with Gasteiger partial charge in [-0.05, 0) is 44.2 Å². The number of rotatable bonds is 7. The van der Waals surface area contributed by atoms with Crippen LogP contribution in [-0.2, 0) is 0 Å². The number of piperidine rings is 1. The first kappa shape index (κ1) is 15.5. The Morgan fingerprint density at radius 2 is 1.88 bits per heavy atom. The van der Waals surface area contributed by atoms with Crippen LogP contribution in [0, 0.1) is 11.8 Å². The van der Waals surface area contributed by atoms with Crippen LogP contribution in [0.1, 0.15) is 59.3 Å². The van der Waals surface area contributed by atoms with E-state index in [-0.39, 0.29) is 0 Å². The normalized spacial score (nSPS) is 22.6. The lowest BCUT2D eigenvalue weighted by atomic mass is 9.92. The van der Waals surface area contributed by atoms with Gasteiger partial charge in [-0.3, -0.25) is 0 Å². The maximum absolute atomic E-state index is 3.74. The van der Waals surface area contributed by atoms with Crippen LogP contribution in [0.2, 0.25) is 0 Å². The van der Waals surface area contributed by atoms with E-state index in [9.17, 15) is 0 Å². The molecule has 2 unspecified atom stereocenters. The summed E-state index contributed by atoms with van der Waals surface area (Å²) in [5.41, 5.74) is 0. The third-order valence-corrected chi connectivity index (χ3v) is 5.09. The van der Waals surface area contributed by atoms with Crippen molar-refractivity contribution >= 4 is 15.9 Å². The Balaban J connectivity index is 2.23. The van der Waals surface area contributed by atoms with E-state index in [2.05, 4.69) is 41.6 Å². The zero-order chi connectivity index (χ0) is 12.7. The maximum Gasteiger partial charge on any atom is 0.0146 e. The van der Waals surface area contributed by atoms with Gasteiger partial charge >= 0.3 is 0 Å². The van der Waals surface area contributed by atoms with Gasteiger partial charge in [0.05, 0.1) is 0 Å². The predicted molar refractivity (Wildman–Crippen MR) is 80.9 cm³/mol. The Morgan fingerprint density at radius 3 is 2.35 bits per heavy atom. The Kier molecular flexibility index (Phi) is 7.77. The molecule has 0 bridgehead atoms. The molecule has 1 nitrogen and oxygen atoms in total. The topological polar surface area (TPSA) is 3.24 Å². The largest absolute Gasteiger partial charge is 0.303 e. The molecule has 17 heavy (non-hydrogen) atoms. The number of hydrogen-bond donors (Lipinski definition) is 0. The standard InChI is InChI=1S/C15H30BrN/c1-4-6-7-14(5-2)12-17-10-8-15(9-11-17)13(3)16/h13-15H,4-12H2,1-3H3. The van der Waals surface area contributed by atoms with Crippen LogP contribution in [0.5, 0.6) is 0 Å². The number of halogens is 1. The molecule has 1 fully saturated rings. The average molecular weight is 304 g/mol. The van der Waals surface area contributed by atoms with Gasteiger partial charge in [-0.15, -0.1) is 0 Å². The summed E-state index contributed by atoms with van der Waals surface area (Å²) in [6.45, 7) is 11.0. The molecule has 0 aliphatic carbocycles. The fourth-order valence-corrected chi connectivity index (χ4v) is 3.41. The van der Waals surface area contributed by atoms with E-state index in [4.69, 9.17) is 0 Å². The lowest BCUT2D eigenvalue weighted by molar-refractivity contribution is 0.155.